The van der Waals surface area contributed by atoms with Gasteiger partial charge in [-0.1, -0.05) is 36.4 Å². The van der Waals surface area contributed by atoms with Crippen molar-refractivity contribution in [1.82, 2.24) is 10.3 Å². The maximum Gasteiger partial charge on any atom is 0.128 e. The molecular formula is C18H23N3. The molecule has 21 heavy (non-hydrogen) atoms. The molecule has 1 aliphatic heterocycles. The fourth-order valence-electron chi connectivity index (χ4n) is 2.97. The Morgan fingerprint density at radius 3 is 2.67 bits per heavy atom. The maximum absolute atomic E-state index is 4.64. The van der Waals surface area contributed by atoms with Gasteiger partial charge in [0.15, 0.2) is 0 Å². The summed E-state index contributed by atoms with van der Waals surface area (Å²) in [5.74, 6) is 1.73. The molecule has 1 saturated heterocycles. The van der Waals surface area contributed by atoms with Gasteiger partial charge in [-0.05, 0) is 37.6 Å². The van der Waals surface area contributed by atoms with E-state index in [9.17, 15) is 0 Å². The van der Waals surface area contributed by atoms with Crippen LogP contribution in [0.25, 0.3) is 0 Å². The number of benzene rings is 1. The van der Waals surface area contributed by atoms with Gasteiger partial charge in [-0.25, -0.2) is 4.98 Å². The Balaban J connectivity index is 1.69. The summed E-state index contributed by atoms with van der Waals surface area (Å²) >= 11 is 0. The highest BCUT2D eigenvalue weighted by molar-refractivity contribution is 5.42. The first-order valence-electron chi connectivity index (χ1n) is 7.71. The second kappa shape index (κ2) is 6.27. The molecule has 1 N–H and O–H groups in total. The summed E-state index contributed by atoms with van der Waals surface area (Å²) in [5, 5.41) is 3.25. The van der Waals surface area contributed by atoms with Crippen LogP contribution in [0.3, 0.4) is 0 Å². The first kappa shape index (κ1) is 14.1. The first-order chi connectivity index (χ1) is 10.3. The average molecular weight is 281 g/mol. The Kier molecular flexibility index (Phi) is 4.20. The zero-order chi connectivity index (χ0) is 14.7. The highest BCUT2D eigenvalue weighted by Gasteiger charge is 2.24. The number of pyridine rings is 1. The largest absolute Gasteiger partial charge is 0.356 e. The van der Waals surface area contributed by atoms with Crippen molar-refractivity contribution in [3.63, 3.8) is 0 Å². The molecule has 0 radical (unpaired) electrons. The van der Waals surface area contributed by atoms with Gasteiger partial charge in [0.25, 0.3) is 0 Å². The van der Waals surface area contributed by atoms with Crippen LogP contribution in [0.5, 0.6) is 0 Å². The minimum Gasteiger partial charge on any atom is -0.356 e. The number of hydrogen-bond donors (Lipinski definition) is 1. The van der Waals surface area contributed by atoms with Crippen molar-refractivity contribution < 1.29 is 0 Å². The van der Waals surface area contributed by atoms with Gasteiger partial charge in [0.2, 0.25) is 0 Å². The molecule has 3 heteroatoms. The van der Waals surface area contributed by atoms with Crippen LogP contribution in [0.2, 0.25) is 0 Å². The molecule has 1 aromatic heterocycles. The second-order valence-corrected chi connectivity index (χ2v) is 5.80. The zero-order valence-corrected chi connectivity index (χ0v) is 12.8. The summed E-state index contributed by atoms with van der Waals surface area (Å²) in [6.45, 7) is 4.31. The minimum atomic E-state index is 0.349. The molecule has 3 nitrogen and oxygen atoms in total. The summed E-state index contributed by atoms with van der Waals surface area (Å²) in [7, 11) is 1.98. The van der Waals surface area contributed by atoms with E-state index in [1.807, 2.05) is 13.2 Å². The lowest BCUT2D eigenvalue weighted by atomic mass is 9.99. The zero-order valence-electron chi connectivity index (χ0n) is 12.8. The Labute approximate surface area is 127 Å². The van der Waals surface area contributed by atoms with Crippen LogP contribution in [-0.4, -0.2) is 25.1 Å². The van der Waals surface area contributed by atoms with Crippen LogP contribution < -0.4 is 10.2 Å². The van der Waals surface area contributed by atoms with Crippen LogP contribution in [0.4, 0.5) is 5.82 Å². The lowest BCUT2D eigenvalue weighted by Gasteiger charge is -2.19. The molecule has 2 atom stereocenters. The van der Waals surface area contributed by atoms with Gasteiger partial charge < -0.3 is 10.2 Å². The molecule has 1 aliphatic rings. The molecule has 0 aliphatic carbocycles. The molecular weight excluding hydrogens is 258 g/mol. The highest BCUT2D eigenvalue weighted by Crippen LogP contribution is 2.29. The molecule has 0 bridgehead atoms. The van der Waals surface area contributed by atoms with Crippen molar-refractivity contribution in [3.05, 3.63) is 59.8 Å². The minimum absolute atomic E-state index is 0.349. The topological polar surface area (TPSA) is 28.2 Å². The van der Waals surface area contributed by atoms with E-state index < -0.39 is 0 Å². The lowest BCUT2D eigenvalue weighted by molar-refractivity contribution is 0.649. The van der Waals surface area contributed by atoms with Crippen molar-refractivity contribution in [1.29, 1.82) is 0 Å². The molecule has 2 aromatic rings. The molecule has 1 fully saturated rings. The number of nitrogens with zero attached hydrogens (tertiary/aromatic N) is 2. The van der Waals surface area contributed by atoms with Gasteiger partial charge in [-0.15, -0.1) is 0 Å². The van der Waals surface area contributed by atoms with Gasteiger partial charge >= 0.3 is 0 Å². The maximum atomic E-state index is 4.64. The number of nitrogens with one attached hydrogen (secondary N) is 1. The van der Waals surface area contributed by atoms with Crippen LogP contribution in [0, 0.1) is 0 Å². The predicted molar refractivity (Wildman–Crippen MR) is 87.7 cm³/mol. The van der Waals surface area contributed by atoms with E-state index in [0.29, 0.717) is 12.0 Å². The lowest BCUT2D eigenvalue weighted by Crippen LogP contribution is -2.20. The summed E-state index contributed by atoms with van der Waals surface area (Å²) < 4.78 is 0. The number of aromatic nitrogens is 1. The van der Waals surface area contributed by atoms with E-state index in [-0.39, 0.29) is 0 Å². The van der Waals surface area contributed by atoms with Gasteiger partial charge in [-0.3, -0.25) is 0 Å². The van der Waals surface area contributed by atoms with E-state index in [2.05, 4.69) is 64.6 Å². The third kappa shape index (κ3) is 3.08. The van der Waals surface area contributed by atoms with Gasteiger partial charge in [0.05, 0.1) is 0 Å². The fourth-order valence-corrected chi connectivity index (χ4v) is 2.97. The number of anilines is 1. The van der Waals surface area contributed by atoms with E-state index in [1.165, 1.54) is 17.5 Å². The van der Waals surface area contributed by atoms with E-state index in [4.69, 9.17) is 0 Å². The Hall–Kier alpha value is -1.87. The molecule has 0 saturated carbocycles. The summed E-state index contributed by atoms with van der Waals surface area (Å²) in [4.78, 5) is 7.04. The first-order valence-corrected chi connectivity index (χ1v) is 7.71. The Morgan fingerprint density at radius 1 is 1.19 bits per heavy atom. The van der Waals surface area contributed by atoms with Gasteiger partial charge in [0, 0.05) is 31.2 Å². The highest BCUT2D eigenvalue weighted by atomic mass is 15.2. The number of rotatable bonds is 4. The average Bonchev–Trinajstić information content (AvgIpc) is 3.05. The molecule has 0 spiro atoms. The normalized spacial score (nSPS) is 19.7. The smallest absolute Gasteiger partial charge is 0.128 e. The van der Waals surface area contributed by atoms with Gasteiger partial charge in [0.1, 0.15) is 5.82 Å². The van der Waals surface area contributed by atoms with Crippen molar-refractivity contribution >= 4 is 5.82 Å². The van der Waals surface area contributed by atoms with E-state index in [0.717, 1.165) is 18.9 Å². The standard InChI is InChI=1S/C18H23N3/c1-14(19-2)16-8-9-18(20-12-16)21-11-10-17(13-21)15-6-4-3-5-7-15/h3-9,12,14,17,19H,10-11,13H2,1-2H3. The second-order valence-electron chi connectivity index (χ2n) is 5.80. The van der Waals surface area contributed by atoms with E-state index in [1.54, 1.807) is 0 Å². The van der Waals surface area contributed by atoms with Gasteiger partial charge in [-0.2, -0.15) is 0 Å². The predicted octanol–water partition coefficient (Wildman–Crippen LogP) is 3.36. The third-order valence-corrected chi connectivity index (χ3v) is 4.49. The molecule has 3 rings (SSSR count). The Bertz CT molecular complexity index is 565. The molecule has 2 unspecified atom stereocenters. The van der Waals surface area contributed by atoms with Crippen molar-refractivity contribution in [2.45, 2.75) is 25.3 Å². The molecule has 2 heterocycles. The fraction of sp³-hybridized carbons (Fsp3) is 0.389. The summed E-state index contributed by atoms with van der Waals surface area (Å²) in [5.41, 5.74) is 2.68. The summed E-state index contributed by atoms with van der Waals surface area (Å²) in [6.07, 6.45) is 3.20. The van der Waals surface area contributed by atoms with Crippen LogP contribution >= 0.6 is 0 Å². The molecule has 1 aromatic carbocycles. The third-order valence-electron chi connectivity index (χ3n) is 4.49. The van der Waals surface area contributed by atoms with Crippen LogP contribution in [-0.2, 0) is 0 Å². The van der Waals surface area contributed by atoms with E-state index >= 15 is 0 Å². The number of hydrogen-bond acceptors (Lipinski definition) is 3. The van der Waals surface area contributed by atoms with Crippen molar-refractivity contribution in [2.24, 2.45) is 0 Å². The molecule has 110 valence electrons. The summed E-state index contributed by atoms with van der Waals surface area (Å²) in [6, 6.07) is 15.5. The van der Waals surface area contributed by atoms with Crippen LogP contribution in [0.15, 0.2) is 48.7 Å². The quantitative estimate of drug-likeness (QED) is 0.931. The molecule has 0 amide bonds. The van der Waals surface area contributed by atoms with Crippen molar-refractivity contribution in [3.8, 4) is 0 Å². The van der Waals surface area contributed by atoms with Crippen LogP contribution in [0.1, 0.15) is 36.4 Å². The Morgan fingerprint density at radius 2 is 2.00 bits per heavy atom. The monoisotopic (exact) mass is 281 g/mol. The van der Waals surface area contributed by atoms with Crippen molar-refractivity contribution in [2.75, 3.05) is 25.0 Å². The SMILES string of the molecule is CNC(C)c1ccc(N2CCC(c3ccccc3)C2)nc1.